The average Bonchev–Trinajstić information content (AvgIpc) is 3.19. The summed E-state index contributed by atoms with van der Waals surface area (Å²) in [7, 11) is 1.75. The second-order valence-electron chi connectivity index (χ2n) is 12.4. The van der Waals surface area contributed by atoms with Gasteiger partial charge in [-0.05, 0) is 63.3 Å². The summed E-state index contributed by atoms with van der Waals surface area (Å²) in [6.07, 6.45) is -2.97. The molecule has 1 unspecified atom stereocenters. The molecule has 1 spiro atoms. The normalized spacial score (nSPS) is 22.3. The van der Waals surface area contributed by atoms with Crippen LogP contribution in [0.4, 0.5) is 37.1 Å². The third-order valence-corrected chi connectivity index (χ3v) is 7.93. The predicted molar refractivity (Wildman–Crippen MR) is 145 cm³/mol. The first-order valence-corrected chi connectivity index (χ1v) is 13.7. The number of carbonyl (C=O) groups excluding carboxylic acids is 1. The quantitative estimate of drug-likeness (QED) is 0.299. The Hall–Kier alpha value is -3.84. The number of anilines is 1. The van der Waals surface area contributed by atoms with Gasteiger partial charge in [-0.15, -0.1) is 0 Å². The lowest BCUT2D eigenvalue weighted by Crippen LogP contribution is -2.43. The van der Waals surface area contributed by atoms with Crippen molar-refractivity contribution in [3.63, 3.8) is 0 Å². The number of halogens is 6. The minimum absolute atomic E-state index is 0.105. The smallest absolute Gasteiger partial charge is 0.416 e. The van der Waals surface area contributed by atoms with Crippen LogP contribution in [0.15, 0.2) is 43.0 Å². The van der Waals surface area contributed by atoms with Crippen LogP contribution in [0.1, 0.15) is 57.2 Å². The summed E-state index contributed by atoms with van der Waals surface area (Å²) in [5.41, 5.74) is -2.95. The molecule has 0 bridgehead atoms. The lowest BCUT2D eigenvalue weighted by atomic mass is 10.0. The molecule has 0 N–H and O–H groups in total. The highest BCUT2D eigenvalue weighted by molar-refractivity contribution is 5.71. The van der Waals surface area contributed by atoms with Crippen LogP contribution in [0.3, 0.4) is 0 Å². The molecule has 2 aromatic heterocycles. The van der Waals surface area contributed by atoms with Crippen LogP contribution in [0.25, 0.3) is 11.1 Å². The standard InChI is InChI=1S/C29H32F6N6O2/c1-17-9-27(17)10-23(16-41(27)25(42)43-26(2,3)4)40(24-36-11-19(12-37-24)20-13-38-39(5)15-20)14-18-6-21(28(30,31)32)8-22(7-18)29(33,34)35/h6-8,11-13,15,17,23H,9-10,14,16H2,1-5H3/t17-,23+,27?/m1/s1. The van der Waals surface area contributed by atoms with Crippen molar-refractivity contribution in [2.24, 2.45) is 13.0 Å². The second-order valence-corrected chi connectivity index (χ2v) is 12.4. The summed E-state index contributed by atoms with van der Waals surface area (Å²) in [5.74, 6) is 0.240. The van der Waals surface area contributed by atoms with E-state index in [0.717, 1.165) is 5.56 Å². The van der Waals surface area contributed by atoms with E-state index in [1.807, 2.05) is 6.92 Å². The number of hydrogen-bond donors (Lipinski definition) is 0. The highest BCUT2D eigenvalue weighted by Gasteiger charge is 2.63. The number of rotatable bonds is 5. The monoisotopic (exact) mass is 610 g/mol. The van der Waals surface area contributed by atoms with Gasteiger partial charge >= 0.3 is 18.4 Å². The third kappa shape index (κ3) is 6.42. The zero-order valence-corrected chi connectivity index (χ0v) is 24.3. The fourth-order valence-corrected chi connectivity index (χ4v) is 5.75. The Morgan fingerprint density at radius 1 is 0.977 bits per heavy atom. The number of aromatic nitrogens is 4. The lowest BCUT2D eigenvalue weighted by Gasteiger charge is -2.30. The molecular weight excluding hydrogens is 578 g/mol. The van der Waals surface area contributed by atoms with E-state index in [1.54, 1.807) is 54.7 Å². The zero-order chi connectivity index (χ0) is 31.5. The van der Waals surface area contributed by atoms with Crippen molar-refractivity contribution in [2.75, 3.05) is 11.4 Å². The van der Waals surface area contributed by atoms with E-state index >= 15 is 0 Å². The van der Waals surface area contributed by atoms with Gasteiger partial charge in [0, 0.05) is 49.9 Å². The Bertz CT molecular complexity index is 1460. The first-order valence-electron chi connectivity index (χ1n) is 13.7. The molecule has 0 radical (unpaired) electrons. The van der Waals surface area contributed by atoms with Crippen LogP contribution in [0.2, 0.25) is 0 Å². The molecule has 232 valence electrons. The van der Waals surface area contributed by atoms with Gasteiger partial charge in [-0.3, -0.25) is 4.68 Å². The predicted octanol–water partition coefficient (Wildman–Crippen LogP) is 6.71. The van der Waals surface area contributed by atoms with Gasteiger partial charge in [0.2, 0.25) is 5.95 Å². The molecule has 1 aliphatic carbocycles. The molecule has 2 fully saturated rings. The van der Waals surface area contributed by atoms with Crippen molar-refractivity contribution < 1.29 is 35.9 Å². The van der Waals surface area contributed by atoms with Crippen LogP contribution in [-0.4, -0.2) is 54.5 Å². The van der Waals surface area contributed by atoms with E-state index < -0.39 is 46.8 Å². The van der Waals surface area contributed by atoms with Crippen molar-refractivity contribution in [1.82, 2.24) is 24.6 Å². The first kappa shape index (κ1) is 30.6. The zero-order valence-electron chi connectivity index (χ0n) is 24.3. The van der Waals surface area contributed by atoms with E-state index in [2.05, 4.69) is 15.1 Å². The van der Waals surface area contributed by atoms with Gasteiger partial charge in [0.25, 0.3) is 0 Å². The van der Waals surface area contributed by atoms with Gasteiger partial charge in [-0.25, -0.2) is 14.8 Å². The third-order valence-electron chi connectivity index (χ3n) is 7.93. The lowest BCUT2D eigenvalue weighted by molar-refractivity contribution is -0.143. The summed E-state index contributed by atoms with van der Waals surface area (Å²) in [4.78, 5) is 25.4. The molecule has 1 aliphatic heterocycles. The van der Waals surface area contributed by atoms with Crippen molar-refractivity contribution in [3.05, 3.63) is 59.7 Å². The molecule has 43 heavy (non-hydrogen) atoms. The Morgan fingerprint density at radius 2 is 1.56 bits per heavy atom. The fourth-order valence-electron chi connectivity index (χ4n) is 5.75. The summed E-state index contributed by atoms with van der Waals surface area (Å²) in [5, 5.41) is 4.12. The Kier molecular flexibility index (Phi) is 7.41. The highest BCUT2D eigenvalue weighted by atomic mass is 19.4. The molecule has 8 nitrogen and oxygen atoms in total. The van der Waals surface area contributed by atoms with Crippen molar-refractivity contribution in [1.29, 1.82) is 0 Å². The summed E-state index contributed by atoms with van der Waals surface area (Å²) in [6.45, 7) is 7.02. The number of likely N-dealkylation sites (tertiary alicyclic amines) is 1. The fraction of sp³-hybridized carbons (Fsp3) is 0.517. The number of ether oxygens (including phenoxy) is 1. The van der Waals surface area contributed by atoms with E-state index in [4.69, 9.17) is 4.74 Å². The largest absolute Gasteiger partial charge is 0.444 e. The van der Waals surface area contributed by atoms with Crippen molar-refractivity contribution in [3.8, 4) is 11.1 Å². The molecule has 14 heteroatoms. The molecule has 3 atom stereocenters. The molecule has 1 amide bonds. The van der Waals surface area contributed by atoms with Crippen LogP contribution in [0, 0.1) is 5.92 Å². The van der Waals surface area contributed by atoms with E-state index in [-0.39, 0.29) is 36.6 Å². The SMILES string of the molecule is C[C@@H]1CC12C[C@H](N(Cc1cc(C(F)(F)F)cc(C(F)(F)F)c1)c1ncc(-c3cnn(C)c3)cn1)CN2C(=O)OC(C)(C)C. The van der Waals surface area contributed by atoms with Gasteiger partial charge in [0.15, 0.2) is 0 Å². The minimum Gasteiger partial charge on any atom is -0.444 e. The number of hydrogen-bond acceptors (Lipinski definition) is 6. The number of benzene rings is 1. The van der Waals surface area contributed by atoms with Crippen LogP contribution in [0.5, 0.6) is 0 Å². The van der Waals surface area contributed by atoms with Gasteiger partial charge in [0.05, 0.1) is 28.9 Å². The van der Waals surface area contributed by atoms with Crippen LogP contribution < -0.4 is 4.90 Å². The molecule has 2 aliphatic rings. The molecule has 3 aromatic rings. The molecule has 1 saturated carbocycles. The summed E-state index contributed by atoms with van der Waals surface area (Å²) >= 11 is 0. The number of nitrogens with zero attached hydrogens (tertiary/aromatic N) is 6. The maximum atomic E-state index is 13.7. The van der Waals surface area contributed by atoms with E-state index in [1.165, 1.54) is 12.4 Å². The van der Waals surface area contributed by atoms with Crippen LogP contribution in [-0.2, 0) is 30.7 Å². The Labute approximate surface area is 244 Å². The average molecular weight is 611 g/mol. The summed E-state index contributed by atoms with van der Waals surface area (Å²) in [6, 6.07) is 1.02. The molecule has 5 rings (SSSR count). The van der Waals surface area contributed by atoms with E-state index in [0.29, 0.717) is 30.5 Å². The van der Waals surface area contributed by atoms with Gasteiger partial charge in [-0.1, -0.05) is 6.92 Å². The molecule has 1 saturated heterocycles. The molecular formula is C29H32F6N6O2. The molecule has 1 aromatic carbocycles. The number of alkyl halides is 6. The van der Waals surface area contributed by atoms with Crippen molar-refractivity contribution >= 4 is 12.0 Å². The highest BCUT2D eigenvalue weighted by Crippen LogP contribution is 2.56. The van der Waals surface area contributed by atoms with Gasteiger partial charge < -0.3 is 14.5 Å². The Balaban J connectivity index is 1.54. The number of aryl methyl sites for hydroxylation is 1. The van der Waals surface area contributed by atoms with Gasteiger partial charge in [-0.2, -0.15) is 31.4 Å². The van der Waals surface area contributed by atoms with Crippen molar-refractivity contribution in [2.45, 2.75) is 76.6 Å². The second kappa shape index (κ2) is 10.4. The van der Waals surface area contributed by atoms with Gasteiger partial charge in [0.1, 0.15) is 5.60 Å². The maximum absolute atomic E-state index is 13.7. The number of carbonyl (C=O) groups is 1. The van der Waals surface area contributed by atoms with E-state index in [9.17, 15) is 31.1 Å². The topological polar surface area (TPSA) is 76.4 Å². The maximum Gasteiger partial charge on any atom is 0.416 e. The summed E-state index contributed by atoms with van der Waals surface area (Å²) < 4.78 is 89.2. The number of amides is 1. The Morgan fingerprint density at radius 3 is 2.02 bits per heavy atom. The minimum atomic E-state index is -4.99. The van der Waals surface area contributed by atoms with Crippen LogP contribution >= 0.6 is 0 Å². The first-order chi connectivity index (χ1) is 19.9. The molecule has 3 heterocycles.